The lowest BCUT2D eigenvalue weighted by atomic mass is 10.0. The molecule has 1 rings (SSSR count). The Hall–Kier alpha value is -0.0600. The summed E-state index contributed by atoms with van der Waals surface area (Å²) in [6, 6.07) is 0. The SMILES string of the molecule is O=S(=O)(O)O[C@@H]([C@H](O)[C@@H](O)CO)[C@H](O)C[S+]1C[C@@H](O)[C@H](O)[C@H]1CO. The van der Waals surface area contributed by atoms with E-state index < -0.39 is 76.4 Å². The monoisotopic (exact) mass is 395 g/mol. The highest BCUT2D eigenvalue weighted by atomic mass is 32.3. The van der Waals surface area contributed by atoms with Crippen molar-refractivity contribution in [1.29, 1.82) is 0 Å². The number of rotatable bonds is 9. The highest BCUT2D eigenvalue weighted by Gasteiger charge is 2.51. The van der Waals surface area contributed by atoms with Crippen LogP contribution in [-0.4, -0.2) is 115 Å². The highest BCUT2D eigenvalue weighted by molar-refractivity contribution is 7.97. The molecule has 24 heavy (non-hydrogen) atoms. The minimum atomic E-state index is -5.09. The number of hydrogen-bond donors (Lipinski definition) is 8. The predicted molar refractivity (Wildman–Crippen MR) is 81.5 cm³/mol. The minimum Gasteiger partial charge on any atom is -0.394 e. The van der Waals surface area contributed by atoms with Gasteiger partial charge in [-0.3, -0.25) is 4.55 Å². The second-order valence-electron chi connectivity index (χ2n) is 5.45. The summed E-state index contributed by atoms with van der Waals surface area (Å²) in [7, 11) is -6.03. The fourth-order valence-electron chi connectivity index (χ4n) is 2.42. The van der Waals surface area contributed by atoms with Crippen LogP contribution >= 0.6 is 0 Å². The van der Waals surface area contributed by atoms with E-state index in [2.05, 4.69) is 4.18 Å². The molecule has 0 spiro atoms. The predicted octanol–water partition coefficient (Wildman–Crippen LogP) is -5.04. The van der Waals surface area contributed by atoms with Gasteiger partial charge in [0.15, 0.2) is 5.25 Å². The summed E-state index contributed by atoms with van der Waals surface area (Å²) in [5.74, 6) is -0.255. The minimum absolute atomic E-state index is 0.0285. The Labute approximate surface area is 141 Å². The van der Waals surface area contributed by atoms with Gasteiger partial charge in [-0.1, -0.05) is 0 Å². The largest absolute Gasteiger partial charge is 0.397 e. The molecule has 0 bridgehead atoms. The van der Waals surface area contributed by atoms with Crippen molar-refractivity contribution in [3.63, 3.8) is 0 Å². The average Bonchev–Trinajstić information content (AvgIpc) is 2.76. The lowest BCUT2D eigenvalue weighted by molar-refractivity contribution is -0.0999. The molecule has 8 N–H and O–H groups in total. The molecule has 144 valence electrons. The maximum Gasteiger partial charge on any atom is 0.397 e. The van der Waals surface area contributed by atoms with Crippen LogP contribution < -0.4 is 0 Å². The van der Waals surface area contributed by atoms with Gasteiger partial charge in [-0.15, -0.1) is 0 Å². The van der Waals surface area contributed by atoms with E-state index in [9.17, 15) is 39.1 Å². The van der Waals surface area contributed by atoms with Crippen LogP contribution in [0.25, 0.3) is 0 Å². The van der Waals surface area contributed by atoms with Crippen molar-refractivity contribution < 1.29 is 52.9 Å². The third-order valence-electron chi connectivity index (χ3n) is 3.68. The summed E-state index contributed by atoms with van der Waals surface area (Å²) in [5.41, 5.74) is 0. The maximum absolute atomic E-state index is 10.9. The van der Waals surface area contributed by atoms with Crippen LogP contribution in [-0.2, 0) is 25.5 Å². The average molecular weight is 395 g/mol. The first-order chi connectivity index (χ1) is 11.0. The molecule has 0 aromatic heterocycles. The van der Waals surface area contributed by atoms with E-state index in [0.29, 0.717) is 0 Å². The van der Waals surface area contributed by atoms with Crippen LogP contribution in [0.1, 0.15) is 0 Å². The fraction of sp³-hybridized carbons (Fsp3) is 1.00. The maximum atomic E-state index is 10.9. The van der Waals surface area contributed by atoms with Gasteiger partial charge >= 0.3 is 10.4 Å². The van der Waals surface area contributed by atoms with E-state index in [4.69, 9.17) is 9.66 Å². The molecule has 8 atom stereocenters. The van der Waals surface area contributed by atoms with Crippen molar-refractivity contribution >= 4 is 21.3 Å². The van der Waals surface area contributed by atoms with Gasteiger partial charge in [0.05, 0.1) is 13.2 Å². The third-order valence-corrected chi connectivity index (χ3v) is 6.97. The van der Waals surface area contributed by atoms with Crippen molar-refractivity contribution in [3.8, 4) is 0 Å². The van der Waals surface area contributed by atoms with Gasteiger partial charge in [0.1, 0.15) is 48.1 Å². The fourth-order valence-corrected chi connectivity index (χ4v) is 5.63. The summed E-state index contributed by atoms with van der Waals surface area (Å²) in [6.07, 6.45) is -9.98. The summed E-state index contributed by atoms with van der Waals surface area (Å²) in [4.78, 5) is 0. The van der Waals surface area contributed by atoms with E-state index in [1.807, 2.05) is 0 Å². The zero-order valence-corrected chi connectivity index (χ0v) is 14.1. The molecule has 11 nitrogen and oxygen atoms in total. The topological polar surface area (TPSA) is 205 Å². The van der Waals surface area contributed by atoms with Crippen LogP contribution in [0.5, 0.6) is 0 Å². The van der Waals surface area contributed by atoms with Crippen LogP contribution in [0.2, 0.25) is 0 Å². The lowest BCUT2D eigenvalue weighted by Gasteiger charge is -2.28. The molecule has 1 fully saturated rings. The van der Waals surface area contributed by atoms with Gasteiger partial charge in [0.2, 0.25) is 0 Å². The Morgan fingerprint density at radius 1 is 1.12 bits per heavy atom. The van der Waals surface area contributed by atoms with Crippen molar-refractivity contribution in [3.05, 3.63) is 0 Å². The van der Waals surface area contributed by atoms with Crippen LogP contribution in [0.3, 0.4) is 0 Å². The Kier molecular flexibility index (Phi) is 8.28. The van der Waals surface area contributed by atoms with Crippen LogP contribution in [0, 0.1) is 0 Å². The summed E-state index contributed by atoms with van der Waals surface area (Å²) >= 11 is 0. The molecule has 1 unspecified atom stereocenters. The van der Waals surface area contributed by atoms with Gasteiger partial charge in [0.25, 0.3) is 0 Å². The molecule has 1 aliphatic heterocycles. The van der Waals surface area contributed by atoms with Gasteiger partial charge in [0, 0.05) is 10.9 Å². The molecule has 1 heterocycles. The van der Waals surface area contributed by atoms with Gasteiger partial charge < -0.3 is 35.7 Å². The molecular formula is C11H23O11S2+. The molecule has 0 aromatic rings. The second-order valence-corrected chi connectivity index (χ2v) is 8.84. The molecule has 0 aromatic carbocycles. The molecule has 0 aliphatic carbocycles. The number of aliphatic hydroxyl groups is 7. The lowest BCUT2D eigenvalue weighted by Crippen LogP contribution is -2.51. The van der Waals surface area contributed by atoms with E-state index in [0.717, 1.165) is 0 Å². The van der Waals surface area contributed by atoms with Gasteiger partial charge in [-0.2, -0.15) is 8.42 Å². The van der Waals surface area contributed by atoms with Crippen molar-refractivity contribution in [1.82, 2.24) is 0 Å². The summed E-state index contributed by atoms with van der Waals surface area (Å²) in [6.45, 7) is -1.44. The molecule has 0 saturated carbocycles. The summed E-state index contributed by atoms with van der Waals surface area (Å²) < 4.78 is 34.7. The van der Waals surface area contributed by atoms with E-state index in [1.54, 1.807) is 0 Å². The molecule has 0 amide bonds. The number of aliphatic hydroxyl groups excluding tert-OH is 7. The first kappa shape index (κ1) is 22.0. The molecule has 1 aliphatic rings. The first-order valence-electron chi connectivity index (χ1n) is 6.95. The number of hydrogen-bond acceptors (Lipinski definition) is 10. The molecule has 13 heteroatoms. The van der Waals surface area contributed by atoms with Crippen molar-refractivity contribution in [2.75, 3.05) is 24.7 Å². The Balaban J connectivity index is 2.89. The Bertz CT molecular complexity index is 486. The van der Waals surface area contributed by atoms with Crippen molar-refractivity contribution in [2.24, 2.45) is 0 Å². The molecule has 0 radical (unpaired) electrons. The second kappa shape index (κ2) is 9.05. The molecule has 1 saturated heterocycles. The molecular weight excluding hydrogens is 372 g/mol. The van der Waals surface area contributed by atoms with Gasteiger partial charge in [-0.25, -0.2) is 4.18 Å². The standard InChI is InChI=1S/C11H22O11S2/c12-1-5(14)10(18)11(22-24(19,20)21)7(16)4-23-3-6(15)9(17)8(23)2-13/h5-18H,1-4H2/p+1/t5-,6+,7+,8+,9-,10+,11+,23?/m0/s1. The highest BCUT2D eigenvalue weighted by Crippen LogP contribution is 2.26. The van der Waals surface area contributed by atoms with Crippen molar-refractivity contribution in [2.45, 2.75) is 41.9 Å². The first-order valence-corrected chi connectivity index (χ1v) is 9.95. The van der Waals surface area contributed by atoms with E-state index in [-0.39, 0.29) is 11.5 Å². The smallest absolute Gasteiger partial charge is 0.394 e. The summed E-state index contributed by atoms with van der Waals surface area (Å²) in [5, 5.41) is 66.0. The van der Waals surface area contributed by atoms with Gasteiger partial charge in [-0.05, 0) is 0 Å². The normalized spacial score (nSPS) is 33.2. The quantitative estimate of drug-likeness (QED) is 0.137. The Morgan fingerprint density at radius 3 is 2.17 bits per heavy atom. The van der Waals surface area contributed by atoms with Crippen LogP contribution in [0.4, 0.5) is 0 Å². The van der Waals surface area contributed by atoms with E-state index >= 15 is 0 Å². The van der Waals surface area contributed by atoms with Crippen LogP contribution in [0.15, 0.2) is 0 Å². The zero-order chi connectivity index (χ0) is 18.7. The van der Waals surface area contributed by atoms with E-state index in [1.165, 1.54) is 0 Å². The third kappa shape index (κ3) is 5.74. The Morgan fingerprint density at radius 2 is 1.71 bits per heavy atom. The zero-order valence-electron chi connectivity index (χ0n) is 12.5.